The zero-order valence-electron chi connectivity index (χ0n) is 11.8. The van der Waals surface area contributed by atoms with Gasteiger partial charge in [-0.15, -0.1) is 5.10 Å². The lowest BCUT2D eigenvalue weighted by Crippen LogP contribution is -2.19. The number of hydrogen-bond donors (Lipinski definition) is 1. The number of carbonyl (C=O) groups excluding carboxylic acids is 1. The molecule has 0 fully saturated rings. The first-order chi connectivity index (χ1) is 10.0. The molecule has 1 aromatic heterocycles. The van der Waals surface area contributed by atoms with Crippen molar-refractivity contribution < 1.29 is 9.18 Å². The highest BCUT2D eigenvalue weighted by molar-refractivity contribution is 8.00. The predicted octanol–water partition coefficient (Wildman–Crippen LogP) is 2.48. The van der Waals surface area contributed by atoms with Gasteiger partial charge in [0.1, 0.15) is 5.82 Å². The van der Waals surface area contributed by atoms with Crippen LogP contribution in [0.5, 0.6) is 0 Å². The molecule has 0 radical (unpaired) electrons. The van der Waals surface area contributed by atoms with Crippen LogP contribution in [0.4, 0.5) is 4.39 Å². The smallest absolute Gasteiger partial charge is 0.293 e. The molecule has 1 aromatic carbocycles. The number of halogens is 1. The van der Waals surface area contributed by atoms with Crippen molar-refractivity contribution in [1.29, 1.82) is 0 Å². The minimum Gasteiger partial charge on any atom is -0.293 e. The summed E-state index contributed by atoms with van der Waals surface area (Å²) in [7, 11) is 0. The van der Waals surface area contributed by atoms with Crippen LogP contribution in [0, 0.1) is 5.82 Å². The Morgan fingerprint density at radius 1 is 1.43 bits per heavy atom. The van der Waals surface area contributed by atoms with Crippen molar-refractivity contribution >= 4 is 17.5 Å². The summed E-state index contributed by atoms with van der Waals surface area (Å²) in [4.78, 5) is 23.9. The molecule has 0 saturated heterocycles. The number of rotatable bonds is 6. The van der Waals surface area contributed by atoms with Gasteiger partial charge in [-0.2, -0.15) is 0 Å². The van der Waals surface area contributed by atoms with Crippen LogP contribution in [-0.4, -0.2) is 25.8 Å². The van der Waals surface area contributed by atoms with Gasteiger partial charge in [-0.3, -0.25) is 9.36 Å². The molecule has 5 nitrogen and oxygen atoms in total. The lowest BCUT2D eigenvalue weighted by atomic mass is 10.1. The van der Waals surface area contributed by atoms with Gasteiger partial charge in [0.05, 0.1) is 5.25 Å². The molecule has 0 spiro atoms. The van der Waals surface area contributed by atoms with Gasteiger partial charge in [0.25, 0.3) is 0 Å². The van der Waals surface area contributed by atoms with E-state index >= 15 is 0 Å². The molecule has 1 N–H and O–H groups in total. The minimum atomic E-state index is -0.415. The van der Waals surface area contributed by atoms with Gasteiger partial charge in [-0.1, -0.05) is 18.7 Å². The van der Waals surface area contributed by atoms with Crippen molar-refractivity contribution in [3.63, 3.8) is 0 Å². The fraction of sp³-hybridized carbons (Fsp3) is 0.357. The summed E-state index contributed by atoms with van der Waals surface area (Å²) < 4.78 is 14.4. The molecule has 0 saturated carbocycles. The maximum atomic E-state index is 12.9. The average Bonchev–Trinajstić information content (AvgIpc) is 2.81. The van der Waals surface area contributed by atoms with Gasteiger partial charge in [0.2, 0.25) is 0 Å². The van der Waals surface area contributed by atoms with E-state index in [1.807, 2.05) is 6.92 Å². The highest BCUT2D eigenvalue weighted by Gasteiger charge is 2.20. The number of ketones is 1. The summed E-state index contributed by atoms with van der Waals surface area (Å²) >= 11 is 1.22. The van der Waals surface area contributed by atoms with E-state index in [1.54, 1.807) is 6.92 Å². The van der Waals surface area contributed by atoms with Crippen molar-refractivity contribution in [2.45, 2.75) is 37.2 Å². The molecule has 1 heterocycles. The second-order valence-corrected chi connectivity index (χ2v) is 5.90. The van der Waals surface area contributed by atoms with Crippen LogP contribution in [0.2, 0.25) is 0 Å². The number of nitrogens with one attached hydrogen (secondary N) is 1. The van der Waals surface area contributed by atoms with Crippen LogP contribution < -0.4 is 5.69 Å². The molecule has 0 aliphatic heterocycles. The molecule has 0 bridgehead atoms. The number of aromatic amines is 1. The maximum Gasteiger partial charge on any atom is 0.343 e. The summed E-state index contributed by atoms with van der Waals surface area (Å²) in [6.07, 6.45) is 0.799. The third-order valence-corrected chi connectivity index (χ3v) is 4.04. The quantitative estimate of drug-likeness (QED) is 0.657. The van der Waals surface area contributed by atoms with Crippen LogP contribution in [0.25, 0.3) is 0 Å². The minimum absolute atomic E-state index is 0.126. The van der Waals surface area contributed by atoms with Crippen LogP contribution in [0.3, 0.4) is 0 Å². The lowest BCUT2D eigenvalue weighted by molar-refractivity contribution is 0.0994. The first-order valence-corrected chi connectivity index (χ1v) is 7.52. The van der Waals surface area contributed by atoms with Crippen LogP contribution >= 0.6 is 11.8 Å². The SMILES string of the molecule is CCCn1c(S[C@@H](C)C(=O)c2ccc(F)cc2)n[nH]c1=O. The van der Waals surface area contributed by atoms with Crippen molar-refractivity contribution in [3.05, 3.63) is 46.1 Å². The molecule has 21 heavy (non-hydrogen) atoms. The molecule has 2 rings (SSSR count). The summed E-state index contributed by atoms with van der Waals surface area (Å²) in [6.45, 7) is 4.25. The number of Topliss-reactive ketones (excluding diaryl/α,β-unsaturated/α-hetero) is 1. The fourth-order valence-corrected chi connectivity index (χ4v) is 2.83. The Morgan fingerprint density at radius 3 is 2.71 bits per heavy atom. The second kappa shape index (κ2) is 6.71. The number of aromatic nitrogens is 3. The van der Waals surface area contributed by atoms with Crippen molar-refractivity contribution in [3.8, 4) is 0 Å². The monoisotopic (exact) mass is 309 g/mol. The summed E-state index contributed by atoms with van der Waals surface area (Å²) in [5, 5.41) is 6.41. The third-order valence-electron chi connectivity index (χ3n) is 2.95. The number of carbonyl (C=O) groups is 1. The molecule has 0 amide bonds. The number of hydrogen-bond acceptors (Lipinski definition) is 4. The van der Waals surface area contributed by atoms with Crippen molar-refractivity contribution in [2.75, 3.05) is 0 Å². The molecule has 0 aliphatic rings. The van der Waals surface area contributed by atoms with Crippen LogP contribution in [-0.2, 0) is 6.54 Å². The number of nitrogens with zero attached hydrogens (tertiary/aromatic N) is 2. The Morgan fingerprint density at radius 2 is 2.10 bits per heavy atom. The molecule has 112 valence electrons. The zero-order valence-corrected chi connectivity index (χ0v) is 12.6. The van der Waals surface area contributed by atoms with Gasteiger partial charge < -0.3 is 0 Å². The maximum absolute atomic E-state index is 12.9. The molecule has 2 aromatic rings. The Balaban J connectivity index is 2.14. The zero-order chi connectivity index (χ0) is 15.4. The molecular weight excluding hydrogens is 293 g/mol. The van der Waals surface area contributed by atoms with Crippen LogP contribution in [0.1, 0.15) is 30.6 Å². The Bertz CT molecular complexity index is 678. The molecular formula is C14H16FN3O2S. The number of benzene rings is 1. The second-order valence-electron chi connectivity index (χ2n) is 4.59. The first kappa shape index (κ1) is 15.5. The van der Waals surface area contributed by atoms with Crippen LogP contribution in [0.15, 0.2) is 34.2 Å². The van der Waals surface area contributed by atoms with Gasteiger partial charge in [0, 0.05) is 12.1 Å². The molecule has 7 heteroatoms. The van der Waals surface area contributed by atoms with Gasteiger partial charge in [-0.25, -0.2) is 14.3 Å². The van der Waals surface area contributed by atoms with Gasteiger partial charge in [-0.05, 0) is 37.6 Å². The molecule has 0 unspecified atom stereocenters. The van der Waals surface area contributed by atoms with E-state index in [2.05, 4.69) is 10.2 Å². The van der Waals surface area contributed by atoms with E-state index in [0.717, 1.165) is 6.42 Å². The van der Waals surface area contributed by atoms with E-state index in [9.17, 15) is 14.0 Å². The Kier molecular flexibility index (Phi) is 4.95. The lowest BCUT2D eigenvalue weighted by Gasteiger charge is -2.10. The number of thioether (sulfide) groups is 1. The largest absolute Gasteiger partial charge is 0.343 e. The average molecular weight is 309 g/mol. The predicted molar refractivity (Wildman–Crippen MR) is 79.2 cm³/mol. The van der Waals surface area contributed by atoms with Gasteiger partial charge in [0.15, 0.2) is 10.9 Å². The Hall–Kier alpha value is -1.89. The fourth-order valence-electron chi connectivity index (χ4n) is 1.87. The Labute approximate surface area is 125 Å². The number of H-pyrrole nitrogens is 1. The topological polar surface area (TPSA) is 67.8 Å². The van der Waals surface area contributed by atoms with Crippen molar-refractivity contribution in [1.82, 2.24) is 14.8 Å². The molecule has 0 aliphatic carbocycles. The van der Waals surface area contributed by atoms with E-state index in [1.165, 1.54) is 40.6 Å². The summed E-state index contributed by atoms with van der Waals surface area (Å²) in [5.41, 5.74) is 0.164. The highest BCUT2D eigenvalue weighted by atomic mass is 32.2. The third kappa shape index (κ3) is 3.60. The normalized spacial score (nSPS) is 12.3. The highest BCUT2D eigenvalue weighted by Crippen LogP contribution is 2.23. The van der Waals surface area contributed by atoms with E-state index in [4.69, 9.17) is 0 Å². The van der Waals surface area contributed by atoms with E-state index in [0.29, 0.717) is 17.3 Å². The first-order valence-electron chi connectivity index (χ1n) is 6.64. The summed E-state index contributed by atoms with van der Waals surface area (Å²) in [6, 6.07) is 5.43. The molecule has 1 atom stereocenters. The van der Waals surface area contributed by atoms with E-state index in [-0.39, 0.29) is 17.3 Å². The standard InChI is InChI=1S/C14H16FN3O2S/c1-3-8-18-13(20)16-17-14(18)21-9(2)12(19)10-4-6-11(15)7-5-10/h4-7,9H,3,8H2,1-2H3,(H,16,20)/t9-/m0/s1. The van der Waals surface area contributed by atoms with E-state index < -0.39 is 5.25 Å². The summed E-state index contributed by atoms with van der Waals surface area (Å²) in [5.74, 6) is -0.505. The van der Waals surface area contributed by atoms with Gasteiger partial charge >= 0.3 is 5.69 Å². The van der Waals surface area contributed by atoms with Crippen molar-refractivity contribution in [2.24, 2.45) is 0 Å².